The summed E-state index contributed by atoms with van der Waals surface area (Å²) in [5.74, 6) is 2.74. The van der Waals surface area contributed by atoms with Crippen LogP contribution in [0, 0.1) is 17.8 Å². The summed E-state index contributed by atoms with van der Waals surface area (Å²) in [6.07, 6.45) is 9.95. The van der Waals surface area contributed by atoms with Crippen LogP contribution in [-0.2, 0) is 0 Å². The Morgan fingerprint density at radius 2 is 1.83 bits per heavy atom. The molecular weight excluding hydrogens is 304 g/mol. The lowest BCUT2D eigenvalue weighted by molar-refractivity contribution is -0.0101. The first kappa shape index (κ1) is 15.1. The lowest BCUT2D eigenvalue weighted by atomic mass is 9.53. The molecule has 0 radical (unpaired) electrons. The van der Waals surface area contributed by atoms with Crippen molar-refractivity contribution in [3.05, 3.63) is 30.1 Å². The molecule has 1 aromatic rings. The first-order chi connectivity index (χ1) is 11.1. The van der Waals surface area contributed by atoms with E-state index >= 15 is 0 Å². The van der Waals surface area contributed by atoms with Crippen molar-refractivity contribution in [1.82, 2.24) is 15.7 Å². The fraction of sp³-hybridized carbons (Fsp3) is 0.611. The standard InChI is InChI=1S/C18H24N4S/c1-12(16-4-2-3-5-19-16)21-22-17(23)20-18-9-13-6-14(10-18)8-15(7-13)11-18/h2-5,13-15H,6-11H2,1H3,(H2,20,22,23)/b21-12-. The van der Waals surface area contributed by atoms with Gasteiger partial charge in [-0.15, -0.1) is 0 Å². The van der Waals surface area contributed by atoms with Gasteiger partial charge in [0, 0.05) is 11.7 Å². The van der Waals surface area contributed by atoms with Gasteiger partial charge in [0.05, 0.1) is 11.4 Å². The normalized spacial score (nSPS) is 35.2. The van der Waals surface area contributed by atoms with E-state index in [1.165, 1.54) is 38.5 Å². The minimum absolute atomic E-state index is 0.229. The molecule has 0 atom stereocenters. The third kappa shape index (κ3) is 3.11. The van der Waals surface area contributed by atoms with Gasteiger partial charge in [-0.3, -0.25) is 10.4 Å². The summed E-state index contributed by atoms with van der Waals surface area (Å²) in [5.41, 5.74) is 4.97. The average Bonchev–Trinajstić information content (AvgIpc) is 2.51. The van der Waals surface area contributed by atoms with E-state index in [1.807, 2.05) is 25.1 Å². The van der Waals surface area contributed by atoms with E-state index in [0.717, 1.165) is 29.2 Å². The highest BCUT2D eigenvalue weighted by molar-refractivity contribution is 7.80. The van der Waals surface area contributed by atoms with Crippen LogP contribution >= 0.6 is 12.2 Å². The molecule has 122 valence electrons. The van der Waals surface area contributed by atoms with Crippen LogP contribution in [0.4, 0.5) is 0 Å². The number of pyridine rings is 1. The molecule has 0 aliphatic heterocycles. The van der Waals surface area contributed by atoms with E-state index in [2.05, 4.69) is 20.8 Å². The summed E-state index contributed by atoms with van der Waals surface area (Å²) in [4.78, 5) is 4.30. The number of aromatic nitrogens is 1. The summed E-state index contributed by atoms with van der Waals surface area (Å²) in [7, 11) is 0. The molecular formula is C18H24N4S. The first-order valence-corrected chi connectivity index (χ1v) is 9.06. The second kappa shape index (κ2) is 5.86. The van der Waals surface area contributed by atoms with Crippen LogP contribution in [0.3, 0.4) is 0 Å². The SMILES string of the molecule is C/C(=N/NC(=S)NC12CC3CC(CC(C3)C1)C2)c1ccccn1. The summed E-state index contributed by atoms with van der Waals surface area (Å²) >= 11 is 5.51. The molecule has 5 rings (SSSR count). The third-order valence-electron chi connectivity index (χ3n) is 5.78. The zero-order valence-electron chi connectivity index (χ0n) is 13.6. The number of hydrazone groups is 1. The number of hydrogen-bond donors (Lipinski definition) is 2. The van der Waals surface area contributed by atoms with Crippen LogP contribution in [-0.4, -0.2) is 21.3 Å². The molecule has 1 aromatic heterocycles. The second-order valence-corrected chi connectivity index (χ2v) is 8.08. The molecule has 0 unspecified atom stereocenters. The average molecular weight is 328 g/mol. The highest BCUT2D eigenvalue weighted by Crippen LogP contribution is 2.55. The van der Waals surface area contributed by atoms with E-state index in [1.54, 1.807) is 6.20 Å². The fourth-order valence-corrected chi connectivity index (χ4v) is 5.56. The first-order valence-electron chi connectivity index (χ1n) is 8.66. The van der Waals surface area contributed by atoms with Crippen LogP contribution in [0.1, 0.15) is 51.1 Å². The van der Waals surface area contributed by atoms with Crippen molar-refractivity contribution in [2.45, 2.75) is 51.0 Å². The summed E-state index contributed by atoms with van der Waals surface area (Å²) in [6.45, 7) is 1.95. The Morgan fingerprint density at radius 3 is 2.39 bits per heavy atom. The quantitative estimate of drug-likeness (QED) is 0.508. The van der Waals surface area contributed by atoms with Gasteiger partial charge >= 0.3 is 0 Å². The molecule has 0 amide bonds. The molecule has 2 N–H and O–H groups in total. The Morgan fingerprint density at radius 1 is 1.17 bits per heavy atom. The lowest BCUT2D eigenvalue weighted by Gasteiger charge is -2.57. The van der Waals surface area contributed by atoms with Gasteiger partial charge in [0.1, 0.15) is 0 Å². The lowest BCUT2D eigenvalue weighted by Crippen LogP contribution is -2.61. The zero-order valence-corrected chi connectivity index (χ0v) is 14.4. The maximum Gasteiger partial charge on any atom is 0.187 e. The van der Waals surface area contributed by atoms with Crippen molar-refractivity contribution in [3.63, 3.8) is 0 Å². The maximum absolute atomic E-state index is 5.51. The number of hydrogen-bond acceptors (Lipinski definition) is 3. The Kier molecular flexibility index (Phi) is 3.84. The molecule has 4 saturated carbocycles. The van der Waals surface area contributed by atoms with E-state index in [0.29, 0.717) is 5.11 Å². The molecule has 1 heterocycles. The van der Waals surface area contributed by atoms with E-state index in [4.69, 9.17) is 12.2 Å². The number of rotatable bonds is 3. The summed E-state index contributed by atoms with van der Waals surface area (Å²) in [6, 6.07) is 5.83. The molecule has 4 fully saturated rings. The van der Waals surface area contributed by atoms with Crippen molar-refractivity contribution in [2.75, 3.05) is 0 Å². The van der Waals surface area contributed by atoms with Gasteiger partial charge in [-0.2, -0.15) is 5.10 Å². The van der Waals surface area contributed by atoms with Crippen molar-refractivity contribution in [2.24, 2.45) is 22.9 Å². The Hall–Kier alpha value is -1.49. The fourth-order valence-electron chi connectivity index (χ4n) is 5.30. The molecule has 4 bridgehead atoms. The van der Waals surface area contributed by atoms with Crippen molar-refractivity contribution in [3.8, 4) is 0 Å². The Balaban J connectivity index is 1.39. The van der Waals surface area contributed by atoms with Crippen molar-refractivity contribution >= 4 is 23.0 Å². The largest absolute Gasteiger partial charge is 0.356 e. The number of thiocarbonyl (C=S) groups is 1. The topological polar surface area (TPSA) is 49.3 Å². The monoisotopic (exact) mass is 328 g/mol. The Labute approximate surface area is 143 Å². The van der Waals surface area contributed by atoms with E-state index < -0.39 is 0 Å². The molecule has 23 heavy (non-hydrogen) atoms. The molecule has 5 heteroatoms. The van der Waals surface area contributed by atoms with Crippen molar-refractivity contribution in [1.29, 1.82) is 0 Å². The molecule has 0 saturated heterocycles. The van der Waals surface area contributed by atoms with Gasteiger partial charge in [0.25, 0.3) is 0 Å². The van der Waals surface area contributed by atoms with E-state index in [9.17, 15) is 0 Å². The third-order valence-corrected chi connectivity index (χ3v) is 5.97. The van der Waals surface area contributed by atoms with Crippen LogP contribution in [0.5, 0.6) is 0 Å². The van der Waals surface area contributed by atoms with E-state index in [-0.39, 0.29) is 5.54 Å². The van der Waals surface area contributed by atoms with Crippen molar-refractivity contribution < 1.29 is 0 Å². The zero-order chi connectivity index (χ0) is 15.9. The molecule has 0 spiro atoms. The highest BCUT2D eigenvalue weighted by Gasteiger charge is 2.51. The number of nitrogens with zero attached hydrogens (tertiary/aromatic N) is 2. The smallest absolute Gasteiger partial charge is 0.187 e. The summed E-state index contributed by atoms with van der Waals surface area (Å²) < 4.78 is 0. The number of nitrogens with one attached hydrogen (secondary N) is 2. The van der Waals surface area contributed by atoms with Gasteiger partial charge in [0.15, 0.2) is 5.11 Å². The van der Waals surface area contributed by atoms with Crippen LogP contribution in [0.2, 0.25) is 0 Å². The molecule has 4 aliphatic rings. The van der Waals surface area contributed by atoms with Gasteiger partial charge in [-0.05, 0) is 87.6 Å². The predicted molar refractivity (Wildman–Crippen MR) is 96.2 cm³/mol. The van der Waals surface area contributed by atoms with Crippen LogP contribution in [0.15, 0.2) is 29.5 Å². The van der Waals surface area contributed by atoms with Gasteiger partial charge in [0.2, 0.25) is 0 Å². The highest BCUT2D eigenvalue weighted by atomic mass is 32.1. The van der Waals surface area contributed by atoms with Crippen LogP contribution < -0.4 is 10.7 Å². The second-order valence-electron chi connectivity index (χ2n) is 7.68. The minimum Gasteiger partial charge on any atom is -0.356 e. The Bertz CT molecular complexity index is 590. The molecule has 4 nitrogen and oxygen atoms in total. The van der Waals surface area contributed by atoms with Gasteiger partial charge < -0.3 is 5.32 Å². The van der Waals surface area contributed by atoms with Gasteiger partial charge in [-0.25, -0.2) is 0 Å². The van der Waals surface area contributed by atoms with Gasteiger partial charge in [-0.1, -0.05) is 6.07 Å². The maximum atomic E-state index is 5.51. The van der Waals surface area contributed by atoms with Crippen LogP contribution in [0.25, 0.3) is 0 Å². The predicted octanol–water partition coefficient (Wildman–Crippen LogP) is 3.24. The molecule has 4 aliphatic carbocycles. The minimum atomic E-state index is 0.229. The molecule has 0 aromatic carbocycles. The summed E-state index contributed by atoms with van der Waals surface area (Å²) in [5, 5.41) is 8.67.